The summed E-state index contributed by atoms with van der Waals surface area (Å²) in [4.78, 5) is 18.7. The third kappa shape index (κ3) is 4.64. The first kappa shape index (κ1) is 18.5. The maximum atomic E-state index is 13.8. The van der Waals surface area contributed by atoms with Crippen LogP contribution in [0, 0.1) is 5.82 Å². The third-order valence-electron chi connectivity index (χ3n) is 4.01. The van der Waals surface area contributed by atoms with Gasteiger partial charge in [0, 0.05) is 12.3 Å². The lowest BCUT2D eigenvalue weighted by Crippen LogP contribution is -2.34. The van der Waals surface area contributed by atoms with Crippen molar-refractivity contribution in [2.45, 2.75) is 19.1 Å². The van der Waals surface area contributed by atoms with Crippen LogP contribution < -0.4 is 4.74 Å². The zero-order chi connectivity index (χ0) is 18.4. The second-order valence-corrected chi connectivity index (χ2v) is 6.79. The van der Waals surface area contributed by atoms with Gasteiger partial charge in [-0.25, -0.2) is 4.39 Å². The molecule has 4 nitrogen and oxygen atoms in total. The molecule has 1 amide bonds. The van der Waals surface area contributed by atoms with Crippen molar-refractivity contribution in [2.75, 3.05) is 19.7 Å². The van der Waals surface area contributed by atoms with Crippen molar-refractivity contribution in [2.24, 2.45) is 4.99 Å². The van der Waals surface area contributed by atoms with Crippen LogP contribution in [0.5, 0.6) is 5.75 Å². The molecule has 0 fully saturated rings. The van der Waals surface area contributed by atoms with Gasteiger partial charge in [0.1, 0.15) is 11.6 Å². The van der Waals surface area contributed by atoms with E-state index >= 15 is 0 Å². The van der Waals surface area contributed by atoms with E-state index < -0.39 is 0 Å². The van der Waals surface area contributed by atoms with Crippen LogP contribution in [0.1, 0.15) is 18.1 Å². The summed E-state index contributed by atoms with van der Waals surface area (Å²) in [6.07, 6.45) is 0.311. The molecule has 26 heavy (non-hydrogen) atoms. The van der Waals surface area contributed by atoms with E-state index in [0.717, 1.165) is 11.3 Å². The molecule has 0 bridgehead atoms. The molecule has 0 saturated heterocycles. The van der Waals surface area contributed by atoms with Crippen molar-refractivity contribution >= 4 is 22.8 Å². The van der Waals surface area contributed by atoms with Crippen LogP contribution in [0.3, 0.4) is 0 Å². The average molecular weight is 372 g/mol. The second-order valence-electron chi connectivity index (χ2n) is 5.84. The topological polar surface area (TPSA) is 41.9 Å². The summed E-state index contributed by atoms with van der Waals surface area (Å²) < 4.78 is 19.2. The lowest BCUT2D eigenvalue weighted by Gasteiger charge is -2.18. The molecule has 6 heteroatoms. The van der Waals surface area contributed by atoms with Crippen LogP contribution in [0.15, 0.2) is 53.5 Å². The molecule has 0 N–H and O–H groups in total. The van der Waals surface area contributed by atoms with Gasteiger partial charge in [-0.3, -0.25) is 14.7 Å². The number of rotatable bonds is 6. The number of ether oxygens (including phenoxy) is 1. The first-order chi connectivity index (χ1) is 12.7. The molecule has 0 spiro atoms. The zero-order valence-corrected chi connectivity index (χ0v) is 15.5. The molecule has 3 rings (SSSR count). The van der Waals surface area contributed by atoms with Crippen LogP contribution in [-0.2, 0) is 17.0 Å². The maximum absolute atomic E-state index is 13.8. The highest BCUT2D eigenvalue weighted by Crippen LogP contribution is 2.22. The molecule has 0 atom stereocenters. The molecule has 1 aliphatic rings. The van der Waals surface area contributed by atoms with Gasteiger partial charge in [-0.05, 0) is 36.2 Å². The molecule has 0 aliphatic carbocycles. The molecular weight excluding hydrogens is 351 g/mol. The molecule has 0 aromatic heterocycles. The largest absolute Gasteiger partial charge is 0.494 e. The Morgan fingerprint density at radius 3 is 2.73 bits per heavy atom. The number of halogens is 1. The van der Waals surface area contributed by atoms with Gasteiger partial charge in [-0.1, -0.05) is 42.1 Å². The Bertz CT molecular complexity index is 793. The lowest BCUT2D eigenvalue weighted by atomic mass is 10.1. The Kier molecular flexibility index (Phi) is 6.28. The fourth-order valence-corrected chi connectivity index (χ4v) is 3.73. The number of hydrogen-bond donors (Lipinski definition) is 0. The number of benzene rings is 2. The van der Waals surface area contributed by atoms with E-state index in [1.54, 1.807) is 17.0 Å². The number of thioether (sulfide) groups is 1. The Hall–Kier alpha value is -2.34. The van der Waals surface area contributed by atoms with Crippen molar-refractivity contribution < 1.29 is 13.9 Å². The van der Waals surface area contributed by atoms with E-state index in [2.05, 4.69) is 4.99 Å². The van der Waals surface area contributed by atoms with Crippen LogP contribution in [0.2, 0.25) is 0 Å². The Morgan fingerprint density at radius 1 is 1.23 bits per heavy atom. The Balaban J connectivity index is 1.58. The van der Waals surface area contributed by atoms with Gasteiger partial charge in [0.15, 0.2) is 5.17 Å². The van der Waals surface area contributed by atoms with Gasteiger partial charge in [0.25, 0.3) is 0 Å². The monoisotopic (exact) mass is 372 g/mol. The van der Waals surface area contributed by atoms with Gasteiger partial charge in [-0.15, -0.1) is 0 Å². The summed E-state index contributed by atoms with van der Waals surface area (Å²) in [5.74, 6) is 1.03. The van der Waals surface area contributed by atoms with Gasteiger partial charge in [0.2, 0.25) is 5.91 Å². The molecule has 0 radical (unpaired) electrons. The van der Waals surface area contributed by atoms with E-state index in [1.807, 2.05) is 37.3 Å². The highest BCUT2D eigenvalue weighted by atomic mass is 32.2. The number of carbonyl (C=O) groups is 1. The first-order valence-corrected chi connectivity index (χ1v) is 9.58. The standard InChI is InChI=1S/C20H21FN2O2S/c1-2-25-17-9-7-15(8-10-17)13-19(24)23-12-11-22-20(23)26-14-16-5-3-4-6-18(16)21/h3-10H,2,11-14H2,1H3. The molecule has 1 aliphatic heterocycles. The predicted octanol–water partition coefficient (Wildman–Crippen LogP) is 3.90. The highest BCUT2D eigenvalue weighted by Gasteiger charge is 2.24. The summed E-state index contributed by atoms with van der Waals surface area (Å²) >= 11 is 1.40. The zero-order valence-electron chi connectivity index (χ0n) is 14.7. The van der Waals surface area contributed by atoms with E-state index in [9.17, 15) is 9.18 Å². The average Bonchev–Trinajstić information content (AvgIpc) is 3.12. The minimum Gasteiger partial charge on any atom is -0.494 e. The molecule has 1 heterocycles. The minimum absolute atomic E-state index is 0.00597. The molecular formula is C20H21FN2O2S. The summed E-state index contributed by atoms with van der Waals surface area (Å²) in [5.41, 5.74) is 1.55. The SMILES string of the molecule is CCOc1ccc(CC(=O)N2CCN=C2SCc2ccccc2F)cc1. The van der Waals surface area contributed by atoms with Crippen molar-refractivity contribution in [1.82, 2.24) is 4.90 Å². The summed E-state index contributed by atoms with van der Waals surface area (Å²) in [7, 11) is 0. The Morgan fingerprint density at radius 2 is 2.00 bits per heavy atom. The van der Waals surface area contributed by atoms with Crippen LogP contribution in [-0.4, -0.2) is 35.7 Å². The van der Waals surface area contributed by atoms with Crippen LogP contribution in [0.4, 0.5) is 4.39 Å². The fraction of sp³-hybridized carbons (Fsp3) is 0.300. The normalized spacial score (nSPS) is 13.6. The van der Waals surface area contributed by atoms with Crippen LogP contribution >= 0.6 is 11.8 Å². The fourth-order valence-electron chi connectivity index (χ4n) is 2.68. The van der Waals surface area contributed by atoms with Crippen molar-refractivity contribution in [3.8, 4) is 5.75 Å². The number of hydrogen-bond acceptors (Lipinski definition) is 4. The van der Waals surface area contributed by atoms with Crippen molar-refractivity contribution in [1.29, 1.82) is 0 Å². The minimum atomic E-state index is -0.231. The van der Waals surface area contributed by atoms with Crippen LogP contribution in [0.25, 0.3) is 0 Å². The van der Waals surface area contributed by atoms with Crippen molar-refractivity contribution in [3.63, 3.8) is 0 Å². The number of aliphatic imine (C=N–C) groups is 1. The summed E-state index contributed by atoms with van der Waals surface area (Å²) in [6.45, 7) is 3.72. The lowest BCUT2D eigenvalue weighted by molar-refractivity contribution is -0.126. The van der Waals surface area contributed by atoms with E-state index in [-0.39, 0.29) is 11.7 Å². The Labute approximate surface area is 157 Å². The molecule has 136 valence electrons. The third-order valence-corrected chi connectivity index (χ3v) is 5.07. The number of carbonyl (C=O) groups excluding carboxylic acids is 1. The number of amidine groups is 1. The smallest absolute Gasteiger partial charge is 0.233 e. The highest BCUT2D eigenvalue weighted by molar-refractivity contribution is 8.13. The second kappa shape index (κ2) is 8.85. The van der Waals surface area contributed by atoms with Crippen molar-refractivity contribution in [3.05, 3.63) is 65.5 Å². The molecule has 0 unspecified atom stereocenters. The number of amides is 1. The molecule has 2 aromatic carbocycles. The van der Waals surface area contributed by atoms with E-state index in [4.69, 9.17) is 4.74 Å². The first-order valence-electron chi connectivity index (χ1n) is 8.60. The predicted molar refractivity (Wildman–Crippen MR) is 103 cm³/mol. The molecule has 2 aromatic rings. The summed E-state index contributed by atoms with van der Waals surface area (Å²) in [5, 5.41) is 0.671. The van der Waals surface area contributed by atoms with E-state index in [1.165, 1.54) is 17.8 Å². The van der Waals surface area contributed by atoms with Gasteiger partial charge < -0.3 is 4.74 Å². The van der Waals surface area contributed by atoms with Gasteiger partial charge in [0.05, 0.1) is 19.6 Å². The van der Waals surface area contributed by atoms with Gasteiger partial charge in [-0.2, -0.15) is 0 Å². The maximum Gasteiger partial charge on any atom is 0.233 e. The quantitative estimate of drug-likeness (QED) is 0.772. The van der Waals surface area contributed by atoms with E-state index in [0.29, 0.717) is 42.6 Å². The molecule has 0 saturated carbocycles. The van der Waals surface area contributed by atoms with Gasteiger partial charge >= 0.3 is 0 Å². The summed E-state index contributed by atoms with van der Waals surface area (Å²) in [6, 6.07) is 14.2. The number of nitrogens with zero attached hydrogens (tertiary/aromatic N) is 2.